The van der Waals surface area contributed by atoms with Gasteiger partial charge in [-0.2, -0.15) is 0 Å². The zero-order valence-electron chi connectivity index (χ0n) is 9.75. The van der Waals surface area contributed by atoms with E-state index < -0.39 is 5.60 Å². The molecule has 2 atom stereocenters. The molecule has 0 aliphatic heterocycles. The monoisotopic (exact) mass is 215 g/mol. The molecular formula is C11H21NO3. The van der Waals surface area contributed by atoms with Gasteiger partial charge in [-0.05, 0) is 33.6 Å². The standard InChI is InChI=1S/C11H21NO3/c1-11(2,3)15-10(14)12-9-6-4-5-8(9)7-13/h8-9,13H,4-7H2,1-3H3,(H,12,14)/t8-,9-/m0/s1. The maximum absolute atomic E-state index is 11.5. The third kappa shape index (κ3) is 4.08. The molecule has 15 heavy (non-hydrogen) atoms. The van der Waals surface area contributed by atoms with Gasteiger partial charge in [-0.15, -0.1) is 0 Å². The summed E-state index contributed by atoms with van der Waals surface area (Å²) in [4.78, 5) is 11.5. The van der Waals surface area contributed by atoms with Crippen LogP contribution in [0.1, 0.15) is 40.0 Å². The first kappa shape index (κ1) is 12.3. The van der Waals surface area contributed by atoms with E-state index in [1.54, 1.807) is 0 Å². The van der Waals surface area contributed by atoms with Crippen LogP contribution in [-0.4, -0.2) is 29.4 Å². The predicted octanol–water partition coefficient (Wildman–Crippen LogP) is 1.67. The van der Waals surface area contributed by atoms with Gasteiger partial charge in [0.25, 0.3) is 0 Å². The second-order valence-electron chi connectivity index (χ2n) is 5.13. The van der Waals surface area contributed by atoms with Gasteiger partial charge in [-0.3, -0.25) is 0 Å². The normalized spacial score (nSPS) is 26.4. The average Bonchev–Trinajstić information content (AvgIpc) is 2.48. The maximum Gasteiger partial charge on any atom is 0.407 e. The number of ether oxygens (including phenoxy) is 1. The van der Waals surface area contributed by atoms with Crippen molar-refractivity contribution in [2.45, 2.75) is 51.7 Å². The molecule has 1 aliphatic rings. The second-order valence-corrected chi connectivity index (χ2v) is 5.13. The molecule has 88 valence electrons. The number of aliphatic hydroxyl groups is 1. The van der Waals surface area contributed by atoms with Crippen LogP contribution in [0.5, 0.6) is 0 Å². The van der Waals surface area contributed by atoms with Gasteiger partial charge >= 0.3 is 6.09 Å². The van der Waals surface area contributed by atoms with Crippen molar-refractivity contribution in [2.75, 3.05) is 6.61 Å². The van der Waals surface area contributed by atoms with Gasteiger partial charge in [0.05, 0.1) is 0 Å². The van der Waals surface area contributed by atoms with Gasteiger partial charge in [0.15, 0.2) is 0 Å². The molecule has 1 fully saturated rings. The molecule has 0 saturated heterocycles. The van der Waals surface area contributed by atoms with E-state index >= 15 is 0 Å². The summed E-state index contributed by atoms with van der Waals surface area (Å²) in [6, 6.07) is 0.0739. The number of hydrogen-bond acceptors (Lipinski definition) is 3. The predicted molar refractivity (Wildman–Crippen MR) is 57.6 cm³/mol. The quantitative estimate of drug-likeness (QED) is 0.736. The summed E-state index contributed by atoms with van der Waals surface area (Å²) in [6.45, 7) is 5.65. The number of nitrogens with one attached hydrogen (secondary N) is 1. The number of aliphatic hydroxyl groups excluding tert-OH is 1. The molecule has 2 N–H and O–H groups in total. The summed E-state index contributed by atoms with van der Waals surface area (Å²) in [5, 5.41) is 11.9. The molecule has 0 unspecified atom stereocenters. The third-order valence-electron chi connectivity index (χ3n) is 2.60. The van der Waals surface area contributed by atoms with Crippen molar-refractivity contribution >= 4 is 6.09 Å². The molecule has 0 bridgehead atoms. The molecule has 0 aromatic rings. The van der Waals surface area contributed by atoms with E-state index in [9.17, 15) is 4.79 Å². The van der Waals surface area contributed by atoms with Crippen LogP contribution in [0, 0.1) is 5.92 Å². The molecule has 1 amide bonds. The zero-order chi connectivity index (χ0) is 11.5. The van der Waals surface area contributed by atoms with E-state index in [-0.39, 0.29) is 24.7 Å². The Balaban J connectivity index is 2.37. The first-order valence-corrected chi connectivity index (χ1v) is 5.53. The lowest BCUT2D eigenvalue weighted by Crippen LogP contribution is -2.41. The molecule has 0 aromatic carbocycles. The third-order valence-corrected chi connectivity index (χ3v) is 2.60. The fraction of sp³-hybridized carbons (Fsp3) is 0.909. The summed E-state index contributed by atoms with van der Waals surface area (Å²) in [7, 11) is 0. The summed E-state index contributed by atoms with van der Waals surface area (Å²) in [5.74, 6) is 0.192. The number of carbonyl (C=O) groups excluding carboxylic acids is 1. The highest BCUT2D eigenvalue weighted by atomic mass is 16.6. The van der Waals surface area contributed by atoms with E-state index in [0.29, 0.717) is 0 Å². The molecule has 0 heterocycles. The zero-order valence-corrected chi connectivity index (χ0v) is 9.75. The van der Waals surface area contributed by atoms with Gasteiger partial charge < -0.3 is 15.2 Å². The van der Waals surface area contributed by atoms with Crippen molar-refractivity contribution in [1.29, 1.82) is 0 Å². The van der Waals surface area contributed by atoms with E-state index in [0.717, 1.165) is 19.3 Å². The van der Waals surface area contributed by atoms with Crippen LogP contribution in [0.2, 0.25) is 0 Å². The number of carbonyl (C=O) groups is 1. The Morgan fingerprint density at radius 1 is 1.47 bits per heavy atom. The molecule has 0 aromatic heterocycles. The smallest absolute Gasteiger partial charge is 0.407 e. The lowest BCUT2D eigenvalue weighted by atomic mass is 10.1. The molecule has 4 heteroatoms. The van der Waals surface area contributed by atoms with Crippen molar-refractivity contribution in [2.24, 2.45) is 5.92 Å². The molecule has 0 radical (unpaired) electrons. The van der Waals surface area contributed by atoms with Gasteiger partial charge in [0.2, 0.25) is 0 Å². The Labute approximate surface area is 91.0 Å². The fourth-order valence-corrected chi connectivity index (χ4v) is 1.90. The van der Waals surface area contributed by atoms with E-state index in [4.69, 9.17) is 9.84 Å². The van der Waals surface area contributed by atoms with Crippen molar-refractivity contribution in [1.82, 2.24) is 5.32 Å². The topological polar surface area (TPSA) is 58.6 Å². The Hall–Kier alpha value is -0.770. The van der Waals surface area contributed by atoms with Crippen LogP contribution >= 0.6 is 0 Å². The molecule has 0 spiro atoms. The average molecular weight is 215 g/mol. The second kappa shape index (κ2) is 4.84. The van der Waals surface area contributed by atoms with Crippen molar-refractivity contribution in [3.8, 4) is 0 Å². The maximum atomic E-state index is 11.5. The summed E-state index contributed by atoms with van der Waals surface area (Å²) in [5.41, 5.74) is -0.461. The van der Waals surface area contributed by atoms with Crippen LogP contribution in [-0.2, 0) is 4.74 Å². The van der Waals surface area contributed by atoms with Crippen LogP contribution in [0.4, 0.5) is 4.79 Å². The highest BCUT2D eigenvalue weighted by molar-refractivity contribution is 5.68. The Morgan fingerprint density at radius 3 is 2.67 bits per heavy atom. The Bertz CT molecular complexity index is 222. The Morgan fingerprint density at radius 2 is 2.13 bits per heavy atom. The number of amides is 1. The van der Waals surface area contributed by atoms with Crippen molar-refractivity contribution in [3.05, 3.63) is 0 Å². The summed E-state index contributed by atoms with van der Waals surface area (Å²) in [6.07, 6.45) is 2.60. The molecular weight excluding hydrogens is 194 g/mol. The lowest BCUT2D eigenvalue weighted by molar-refractivity contribution is 0.0483. The van der Waals surface area contributed by atoms with Crippen LogP contribution < -0.4 is 5.32 Å². The largest absolute Gasteiger partial charge is 0.444 e. The summed E-state index contributed by atoms with van der Waals surface area (Å²) >= 11 is 0. The van der Waals surface area contributed by atoms with Gasteiger partial charge in [0.1, 0.15) is 5.60 Å². The van der Waals surface area contributed by atoms with Crippen LogP contribution in [0.15, 0.2) is 0 Å². The van der Waals surface area contributed by atoms with Gasteiger partial charge in [-0.1, -0.05) is 6.42 Å². The minimum absolute atomic E-state index is 0.0739. The first-order chi connectivity index (χ1) is 6.92. The first-order valence-electron chi connectivity index (χ1n) is 5.53. The van der Waals surface area contributed by atoms with Crippen LogP contribution in [0.25, 0.3) is 0 Å². The minimum Gasteiger partial charge on any atom is -0.444 e. The van der Waals surface area contributed by atoms with Crippen LogP contribution in [0.3, 0.4) is 0 Å². The van der Waals surface area contributed by atoms with Gasteiger partial charge in [0, 0.05) is 18.6 Å². The lowest BCUT2D eigenvalue weighted by Gasteiger charge is -2.23. The fourth-order valence-electron chi connectivity index (χ4n) is 1.90. The van der Waals surface area contributed by atoms with Crippen molar-refractivity contribution < 1.29 is 14.6 Å². The molecule has 1 aliphatic carbocycles. The molecule has 4 nitrogen and oxygen atoms in total. The number of alkyl carbamates (subject to hydrolysis) is 1. The van der Waals surface area contributed by atoms with E-state index in [1.165, 1.54) is 0 Å². The van der Waals surface area contributed by atoms with E-state index in [2.05, 4.69) is 5.32 Å². The van der Waals surface area contributed by atoms with E-state index in [1.807, 2.05) is 20.8 Å². The number of hydrogen-bond donors (Lipinski definition) is 2. The minimum atomic E-state index is -0.461. The number of rotatable bonds is 2. The van der Waals surface area contributed by atoms with Crippen molar-refractivity contribution in [3.63, 3.8) is 0 Å². The highest BCUT2D eigenvalue weighted by Crippen LogP contribution is 2.25. The molecule has 1 saturated carbocycles. The SMILES string of the molecule is CC(C)(C)OC(=O)N[C@H]1CCC[C@H]1CO. The highest BCUT2D eigenvalue weighted by Gasteiger charge is 2.29. The van der Waals surface area contributed by atoms with Gasteiger partial charge in [-0.25, -0.2) is 4.79 Å². The molecule has 1 rings (SSSR count). The Kier molecular flexibility index (Phi) is 3.97. The summed E-state index contributed by atoms with van der Waals surface area (Å²) < 4.78 is 5.16.